The first-order chi connectivity index (χ1) is 8.51. The Balaban J connectivity index is 3.05. The molecule has 18 heavy (non-hydrogen) atoms. The van der Waals surface area contributed by atoms with Crippen molar-refractivity contribution in [1.29, 1.82) is 0 Å². The van der Waals surface area contributed by atoms with Crippen molar-refractivity contribution >= 4 is 17.4 Å². The van der Waals surface area contributed by atoms with Gasteiger partial charge in [-0.25, -0.2) is 9.97 Å². The van der Waals surface area contributed by atoms with Crippen LogP contribution in [0.5, 0.6) is 0 Å². The molecule has 1 aromatic heterocycles. The maximum Gasteiger partial charge on any atom is 0.137 e. The van der Waals surface area contributed by atoms with Gasteiger partial charge in [0.25, 0.3) is 0 Å². The van der Waals surface area contributed by atoms with Gasteiger partial charge in [-0.3, -0.25) is 0 Å². The molecule has 1 rings (SSSR count). The lowest BCUT2D eigenvalue weighted by atomic mass is 10.2. The van der Waals surface area contributed by atoms with Crippen LogP contribution in [0.2, 0.25) is 5.15 Å². The molecule has 0 aliphatic rings. The van der Waals surface area contributed by atoms with Gasteiger partial charge in [0.1, 0.15) is 17.3 Å². The molecule has 0 aliphatic heterocycles. The Morgan fingerprint density at radius 1 is 1.28 bits per heavy atom. The van der Waals surface area contributed by atoms with Gasteiger partial charge in [-0.1, -0.05) is 18.5 Å². The number of nitrogens with zero attached hydrogens (tertiary/aromatic N) is 4. The van der Waals surface area contributed by atoms with Crippen LogP contribution in [0.25, 0.3) is 0 Å². The van der Waals surface area contributed by atoms with Crippen LogP contribution in [0.4, 0.5) is 5.82 Å². The van der Waals surface area contributed by atoms with Crippen molar-refractivity contribution in [1.82, 2.24) is 14.9 Å². The van der Waals surface area contributed by atoms with Gasteiger partial charge >= 0.3 is 0 Å². The molecule has 1 unspecified atom stereocenters. The molecular formula is C13H23ClN4. The van der Waals surface area contributed by atoms with Crippen LogP contribution in [-0.2, 0) is 6.42 Å². The molecular weight excluding hydrogens is 248 g/mol. The van der Waals surface area contributed by atoms with Crippen LogP contribution in [0.3, 0.4) is 0 Å². The Morgan fingerprint density at radius 2 is 1.94 bits per heavy atom. The summed E-state index contributed by atoms with van der Waals surface area (Å²) in [6.45, 7) is 8.33. The average molecular weight is 271 g/mol. The lowest BCUT2D eigenvalue weighted by Crippen LogP contribution is -2.41. The van der Waals surface area contributed by atoms with E-state index in [1.54, 1.807) is 6.33 Å². The number of aromatic nitrogens is 2. The van der Waals surface area contributed by atoms with E-state index >= 15 is 0 Å². The van der Waals surface area contributed by atoms with Crippen LogP contribution in [-0.4, -0.2) is 48.1 Å². The first-order valence-corrected chi connectivity index (χ1v) is 6.79. The largest absolute Gasteiger partial charge is 0.353 e. The van der Waals surface area contributed by atoms with Crippen LogP contribution < -0.4 is 4.90 Å². The van der Waals surface area contributed by atoms with Crippen molar-refractivity contribution in [3.63, 3.8) is 0 Å². The third-order valence-corrected chi connectivity index (χ3v) is 3.32. The van der Waals surface area contributed by atoms with Gasteiger partial charge in [0, 0.05) is 24.7 Å². The lowest BCUT2D eigenvalue weighted by Gasteiger charge is -2.32. The van der Waals surface area contributed by atoms with Crippen molar-refractivity contribution in [3.05, 3.63) is 17.0 Å². The number of halogens is 1. The molecule has 1 heterocycles. The minimum absolute atomic E-state index is 0.390. The molecule has 0 N–H and O–H groups in total. The molecule has 0 fully saturated rings. The van der Waals surface area contributed by atoms with Gasteiger partial charge in [0.2, 0.25) is 0 Å². The second-order valence-electron chi connectivity index (χ2n) is 4.72. The van der Waals surface area contributed by atoms with Gasteiger partial charge in [-0.05, 0) is 34.4 Å². The fourth-order valence-electron chi connectivity index (χ4n) is 2.23. The summed E-state index contributed by atoms with van der Waals surface area (Å²) in [5, 5.41) is 0.568. The second-order valence-corrected chi connectivity index (χ2v) is 5.08. The summed E-state index contributed by atoms with van der Waals surface area (Å²) in [6.07, 6.45) is 2.39. The fourth-order valence-corrected chi connectivity index (χ4v) is 2.49. The maximum atomic E-state index is 6.15. The Morgan fingerprint density at radius 3 is 2.44 bits per heavy atom. The Hall–Kier alpha value is -0.870. The third-order valence-electron chi connectivity index (χ3n) is 3.00. The molecule has 102 valence electrons. The SMILES string of the molecule is CCc1c(Cl)ncnc1N(CC)C(C)CN(C)C. The van der Waals surface area contributed by atoms with E-state index in [-0.39, 0.29) is 0 Å². The summed E-state index contributed by atoms with van der Waals surface area (Å²) in [7, 11) is 4.16. The van der Waals surface area contributed by atoms with E-state index in [2.05, 4.69) is 54.6 Å². The summed E-state index contributed by atoms with van der Waals surface area (Å²) in [6, 6.07) is 0.390. The third kappa shape index (κ3) is 3.56. The highest BCUT2D eigenvalue weighted by Gasteiger charge is 2.19. The molecule has 0 saturated heterocycles. The van der Waals surface area contributed by atoms with E-state index in [0.717, 1.165) is 30.9 Å². The number of anilines is 1. The van der Waals surface area contributed by atoms with Crippen molar-refractivity contribution in [2.24, 2.45) is 0 Å². The highest BCUT2D eigenvalue weighted by molar-refractivity contribution is 6.30. The molecule has 0 aliphatic carbocycles. The Kier molecular flexibility index (Phi) is 5.82. The van der Waals surface area contributed by atoms with Crippen LogP contribution in [0.1, 0.15) is 26.3 Å². The first-order valence-electron chi connectivity index (χ1n) is 6.41. The van der Waals surface area contributed by atoms with Gasteiger partial charge in [0.05, 0.1) is 0 Å². The molecule has 0 bridgehead atoms. The van der Waals surface area contributed by atoms with Crippen molar-refractivity contribution < 1.29 is 0 Å². The predicted molar refractivity (Wildman–Crippen MR) is 77.5 cm³/mol. The standard InChI is InChI=1S/C13H23ClN4/c1-6-11-12(14)15-9-16-13(11)18(7-2)10(3)8-17(4)5/h9-10H,6-8H2,1-5H3. The number of rotatable bonds is 6. The highest BCUT2D eigenvalue weighted by atomic mass is 35.5. The molecule has 0 amide bonds. The smallest absolute Gasteiger partial charge is 0.137 e. The van der Waals surface area contributed by atoms with E-state index in [9.17, 15) is 0 Å². The minimum atomic E-state index is 0.390. The molecule has 1 aromatic rings. The van der Waals surface area contributed by atoms with Gasteiger partial charge in [0.15, 0.2) is 0 Å². The summed E-state index contributed by atoms with van der Waals surface area (Å²) in [5.74, 6) is 0.967. The minimum Gasteiger partial charge on any atom is -0.353 e. The van der Waals surface area contributed by atoms with E-state index in [1.165, 1.54) is 0 Å². The van der Waals surface area contributed by atoms with Crippen LogP contribution in [0, 0.1) is 0 Å². The molecule has 0 radical (unpaired) electrons. The van der Waals surface area contributed by atoms with Crippen molar-refractivity contribution in [3.8, 4) is 0 Å². The monoisotopic (exact) mass is 270 g/mol. The molecule has 5 heteroatoms. The van der Waals surface area contributed by atoms with Gasteiger partial charge in [-0.15, -0.1) is 0 Å². The number of hydrogen-bond acceptors (Lipinski definition) is 4. The van der Waals surface area contributed by atoms with E-state index < -0.39 is 0 Å². The van der Waals surface area contributed by atoms with E-state index in [0.29, 0.717) is 11.2 Å². The van der Waals surface area contributed by atoms with Crippen molar-refractivity contribution in [2.45, 2.75) is 33.2 Å². The maximum absolute atomic E-state index is 6.15. The Labute approximate surface area is 115 Å². The normalized spacial score (nSPS) is 12.8. The average Bonchev–Trinajstić information content (AvgIpc) is 2.29. The zero-order valence-electron chi connectivity index (χ0n) is 11.9. The lowest BCUT2D eigenvalue weighted by molar-refractivity contribution is 0.372. The zero-order chi connectivity index (χ0) is 13.7. The molecule has 0 aromatic carbocycles. The summed E-state index contributed by atoms with van der Waals surface area (Å²) >= 11 is 6.15. The van der Waals surface area contributed by atoms with Gasteiger partial charge in [-0.2, -0.15) is 0 Å². The summed E-state index contributed by atoms with van der Waals surface area (Å²) < 4.78 is 0. The topological polar surface area (TPSA) is 32.3 Å². The van der Waals surface area contributed by atoms with Crippen molar-refractivity contribution in [2.75, 3.05) is 32.1 Å². The van der Waals surface area contributed by atoms with E-state index in [1.807, 2.05) is 0 Å². The molecule has 4 nitrogen and oxygen atoms in total. The van der Waals surface area contributed by atoms with E-state index in [4.69, 9.17) is 11.6 Å². The zero-order valence-corrected chi connectivity index (χ0v) is 12.7. The fraction of sp³-hybridized carbons (Fsp3) is 0.692. The second kappa shape index (κ2) is 6.90. The number of hydrogen-bond donors (Lipinski definition) is 0. The molecule has 1 atom stereocenters. The first kappa shape index (κ1) is 15.2. The highest BCUT2D eigenvalue weighted by Crippen LogP contribution is 2.25. The van der Waals surface area contributed by atoms with Crippen LogP contribution in [0.15, 0.2) is 6.33 Å². The predicted octanol–water partition coefficient (Wildman–Crippen LogP) is 2.47. The quantitative estimate of drug-likeness (QED) is 0.744. The van der Waals surface area contributed by atoms with Gasteiger partial charge < -0.3 is 9.80 Å². The number of likely N-dealkylation sites (N-methyl/N-ethyl adjacent to an activating group) is 2. The summed E-state index contributed by atoms with van der Waals surface area (Å²) in [5.41, 5.74) is 1.03. The van der Waals surface area contributed by atoms with Crippen LogP contribution >= 0.6 is 11.6 Å². The summed E-state index contributed by atoms with van der Waals surface area (Å²) in [4.78, 5) is 13.0. The molecule has 0 spiro atoms. The Bertz CT molecular complexity index is 381. The molecule has 0 saturated carbocycles.